The van der Waals surface area contributed by atoms with Crippen LogP contribution in [0.5, 0.6) is 0 Å². The summed E-state index contributed by atoms with van der Waals surface area (Å²) in [6.45, 7) is 2.84. The number of nitrogens with zero attached hydrogens (tertiary/aromatic N) is 6. The van der Waals surface area contributed by atoms with Crippen LogP contribution in [0.15, 0.2) is 133 Å². The molecule has 2 fully saturated rings. The molecule has 1 atom stereocenters. The molecule has 0 radical (unpaired) electrons. The highest BCUT2D eigenvalue weighted by molar-refractivity contribution is 6.35. The number of β-amino-alcohol motifs (C(OH)–C–C–N with tert-alkyl or cyclic N) is 1. The monoisotopic (exact) mass is 1090 g/mol. The summed E-state index contributed by atoms with van der Waals surface area (Å²) in [6.07, 6.45) is -2.29. The average molecular weight is 1090 g/mol. The molecule has 398 valence electrons. The number of aliphatic hydroxyl groups excluding tert-OH is 1. The van der Waals surface area contributed by atoms with Gasteiger partial charge >= 0.3 is 6.18 Å². The third-order valence-corrected chi connectivity index (χ3v) is 13.3. The van der Waals surface area contributed by atoms with E-state index >= 15 is 0 Å². The van der Waals surface area contributed by atoms with E-state index in [9.17, 15) is 41.8 Å². The van der Waals surface area contributed by atoms with Crippen LogP contribution in [-0.2, 0) is 38.3 Å². The number of carbonyl (C=O) groups is 4. The summed E-state index contributed by atoms with van der Waals surface area (Å²) in [5, 5.41) is 34.0. The molecule has 6 aromatic rings. The number of amides is 4. The number of nitrogens with one attached hydrogen (secondary N) is 2. The van der Waals surface area contributed by atoms with E-state index in [1.54, 1.807) is 36.4 Å². The van der Waals surface area contributed by atoms with Crippen molar-refractivity contribution in [1.29, 1.82) is 10.5 Å². The minimum atomic E-state index is -4.91. The largest absolute Gasteiger partial charge is 0.419 e. The van der Waals surface area contributed by atoms with Crippen molar-refractivity contribution in [3.8, 4) is 34.4 Å². The molecule has 13 nitrogen and oxygen atoms in total. The second-order valence-corrected chi connectivity index (χ2v) is 19.6. The molecule has 77 heavy (non-hydrogen) atoms. The summed E-state index contributed by atoms with van der Waals surface area (Å²) in [5.74, 6) is -2.95. The Morgan fingerprint density at radius 1 is 0.636 bits per heavy atom. The first-order valence-corrected chi connectivity index (χ1v) is 25.5. The topological polar surface area (TPSA) is 173 Å². The number of aliphatic hydroxyl groups is 1. The highest BCUT2D eigenvalue weighted by atomic mass is 35.5. The maximum absolute atomic E-state index is 13.6. The van der Waals surface area contributed by atoms with Crippen LogP contribution in [0.25, 0.3) is 22.3 Å². The van der Waals surface area contributed by atoms with E-state index in [1.165, 1.54) is 9.80 Å². The van der Waals surface area contributed by atoms with E-state index in [0.717, 1.165) is 65.4 Å². The molecule has 2 heterocycles. The van der Waals surface area contributed by atoms with Crippen LogP contribution in [0.4, 0.5) is 28.9 Å². The van der Waals surface area contributed by atoms with E-state index in [2.05, 4.69) is 22.8 Å². The minimum Gasteiger partial charge on any atom is -0.392 e. The summed E-state index contributed by atoms with van der Waals surface area (Å²) in [6, 6.07) is 41.2. The molecule has 0 unspecified atom stereocenters. The number of nitriles is 2. The first-order chi connectivity index (χ1) is 36.9. The van der Waals surface area contributed by atoms with Crippen molar-refractivity contribution in [2.24, 2.45) is 0 Å². The molecule has 3 N–H and O–H groups in total. The Balaban J connectivity index is 0.000000224. The molecule has 4 amide bonds. The fourth-order valence-corrected chi connectivity index (χ4v) is 9.41. The number of carbonyl (C=O) groups excluding carboxylic acids is 4. The second-order valence-electron chi connectivity index (χ2n) is 18.7. The molecule has 2 aliphatic rings. The molecule has 2 aliphatic heterocycles. The van der Waals surface area contributed by atoms with Crippen molar-refractivity contribution in [2.45, 2.75) is 44.5 Å². The number of anilines is 2. The third-order valence-electron chi connectivity index (χ3n) is 12.8. The second kappa shape index (κ2) is 26.9. The molecule has 0 aromatic heterocycles. The number of hydrogen-bond donors (Lipinski definition) is 3. The van der Waals surface area contributed by atoms with Gasteiger partial charge in [-0.05, 0) is 133 Å². The smallest absolute Gasteiger partial charge is 0.392 e. The minimum absolute atomic E-state index is 0.117. The molecule has 8 rings (SSSR count). The summed E-state index contributed by atoms with van der Waals surface area (Å²) < 4.78 is 52.8. The predicted molar refractivity (Wildman–Crippen MR) is 287 cm³/mol. The van der Waals surface area contributed by atoms with Gasteiger partial charge in [0.1, 0.15) is 12.4 Å². The van der Waals surface area contributed by atoms with Crippen LogP contribution < -0.4 is 10.6 Å². The Morgan fingerprint density at radius 3 is 1.71 bits per heavy atom. The summed E-state index contributed by atoms with van der Waals surface area (Å²) in [4.78, 5) is 58.7. The van der Waals surface area contributed by atoms with E-state index in [4.69, 9.17) is 33.7 Å². The van der Waals surface area contributed by atoms with Crippen LogP contribution in [0, 0.1) is 28.5 Å². The van der Waals surface area contributed by atoms with E-state index in [0.29, 0.717) is 64.9 Å². The predicted octanol–water partition coefficient (Wildman–Crippen LogP) is 10.1. The summed E-state index contributed by atoms with van der Waals surface area (Å²) in [7, 11) is 0. The van der Waals surface area contributed by atoms with E-state index in [1.807, 2.05) is 88.7 Å². The van der Waals surface area contributed by atoms with Gasteiger partial charge in [0.15, 0.2) is 0 Å². The van der Waals surface area contributed by atoms with Gasteiger partial charge in [-0.2, -0.15) is 23.7 Å². The maximum Gasteiger partial charge on any atom is 0.419 e. The summed E-state index contributed by atoms with van der Waals surface area (Å²) in [5.41, 5.74) is 5.38. The first kappa shape index (κ1) is 57.1. The number of likely N-dealkylation sites (tertiary alicyclic amines) is 2. The van der Waals surface area contributed by atoms with Gasteiger partial charge in [0.05, 0.1) is 54.6 Å². The van der Waals surface area contributed by atoms with Gasteiger partial charge in [0, 0.05) is 47.6 Å². The van der Waals surface area contributed by atoms with Gasteiger partial charge in [-0.25, -0.2) is 4.39 Å². The normalized spacial score (nSPS) is 14.4. The summed E-state index contributed by atoms with van der Waals surface area (Å²) >= 11 is 12.1. The van der Waals surface area contributed by atoms with Crippen molar-refractivity contribution >= 4 is 58.2 Å². The van der Waals surface area contributed by atoms with Crippen LogP contribution in [0.1, 0.15) is 47.1 Å². The van der Waals surface area contributed by atoms with Gasteiger partial charge in [-0.15, -0.1) is 0 Å². The fraction of sp³-hybridized carbons (Fsp3) is 0.276. The van der Waals surface area contributed by atoms with Gasteiger partial charge in [-0.3, -0.25) is 29.0 Å². The molecular formula is C58H54Cl2F4N8O5. The zero-order valence-electron chi connectivity index (χ0n) is 41.7. The average Bonchev–Trinajstić information content (AvgIpc) is 4.08. The lowest BCUT2D eigenvalue weighted by Gasteiger charge is -2.25. The van der Waals surface area contributed by atoms with Crippen molar-refractivity contribution < 1.29 is 41.8 Å². The van der Waals surface area contributed by atoms with Crippen molar-refractivity contribution in [1.82, 2.24) is 19.6 Å². The van der Waals surface area contributed by atoms with Gasteiger partial charge in [-0.1, -0.05) is 96.0 Å². The van der Waals surface area contributed by atoms with Crippen LogP contribution >= 0.6 is 23.2 Å². The molecule has 19 heteroatoms. The Morgan fingerprint density at radius 2 is 1.17 bits per heavy atom. The van der Waals surface area contributed by atoms with Crippen molar-refractivity contribution in [3.05, 3.63) is 177 Å². The Hall–Kier alpha value is -7.64. The zero-order valence-corrected chi connectivity index (χ0v) is 43.2. The number of benzene rings is 6. The van der Waals surface area contributed by atoms with E-state index in [-0.39, 0.29) is 62.7 Å². The van der Waals surface area contributed by atoms with Gasteiger partial charge in [0.2, 0.25) is 23.6 Å². The Kier molecular flexibility index (Phi) is 19.9. The SMILES string of the molecule is N#Cc1cccc(-c2ccc(CCN(CC(=O)Nc3ccc(F)c(C(F)(F)F)c3)C(=O)CN3CCCC3)cc2)c1.N#Cc1cccc(-c2ccc(CN(CC(=O)Nc3cc(Cl)cc(Cl)c3)C(=O)CN3CC[C@H](O)C3)cc2)c1. The lowest BCUT2D eigenvalue weighted by atomic mass is 10.0. The van der Waals surface area contributed by atoms with E-state index < -0.39 is 29.6 Å². The van der Waals surface area contributed by atoms with Crippen LogP contribution in [-0.4, -0.2) is 113 Å². The number of rotatable bonds is 17. The van der Waals surface area contributed by atoms with Crippen molar-refractivity contribution in [2.75, 3.05) is 69.5 Å². The quantitative estimate of drug-likeness (QED) is 0.0752. The third kappa shape index (κ3) is 17.2. The Bertz CT molecular complexity index is 3120. The zero-order chi connectivity index (χ0) is 55.1. The molecule has 0 aliphatic carbocycles. The fourth-order valence-electron chi connectivity index (χ4n) is 8.88. The number of halogens is 6. The Labute approximate surface area is 453 Å². The lowest BCUT2D eigenvalue weighted by Crippen LogP contribution is -2.44. The molecule has 6 aromatic carbocycles. The molecule has 0 saturated carbocycles. The highest BCUT2D eigenvalue weighted by Gasteiger charge is 2.34. The number of alkyl halides is 3. The molecule has 2 saturated heterocycles. The highest BCUT2D eigenvalue weighted by Crippen LogP contribution is 2.33. The van der Waals surface area contributed by atoms with Crippen LogP contribution in [0.3, 0.4) is 0 Å². The molecular weight excluding hydrogens is 1040 g/mol. The van der Waals surface area contributed by atoms with Gasteiger partial charge < -0.3 is 25.5 Å². The first-order valence-electron chi connectivity index (χ1n) is 24.7. The van der Waals surface area contributed by atoms with Gasteiger partial charge in [0.25, 0.3) is 0 Å². The lowest BCUT2D eigenvalue weighted by molar-refractivity contribution is -0.140. The van der Waals surface area contributed by atoms with Crippen molar-refractivity contribution in [3.63, 3.8) is 0 Å². The molecule has 0 spiro atoms. The van der Waals surface area contributed by atoms with Crippen LogP contribution in [0.2, 0.25) is 10.0 Å². The molecule has 0 bridgehead atoms. The maximum atomic E-state index is 13.6. The number of hydrogen-bond acceptors (Lipinski definition) is 9. The standard InChI is InChI=1S/C30H28F4N4O2.C28H26Cl2N4O3/c31-27-11-10-25(17-26(27)30(32,33)34)36-28(39)19-38(29(40)20-37-13-1-2-14-37)15-12-21-6-8-23(9-7-21)24-5-3-4-22(16-24)18-35;29-23-11-24(30)13-25(12-23)32-27(36)17-34(28(37)18-33-9-8-26(35)16-33)15-19-4-6-21(7-5-19)22-3-1-2-20(10-22)14-31/h3-11,16-17H,1-2,12-15,19-20H2,(H,36,39);1-7,10-13,26,35H,8-9,15-18H2,(H,32,36)/t;26-/m.0/s1.